The normalized spacial score (nSPS) is 11.0. The number of nitrogens with zero attached hydrogens (tertiary/aromatic N) is 2. The predicted octanol–water partition coefficient (Wildman–Crippen LogP) is 3.16. The van der Waals surface area contributed by atoms with E-state index in [1.807, 2.05) is 35.9 Å². The number of fused-ring (bicyclic) bond motifs is 1. The number of allylic oxidation sites excluding steroid dienone is 1. The lowest BCUT2D eigenvalue weighted by Crippen LogP contribution is -2.13. The van der Waals surface area contributed by atoms with Crippen LogP contribution in [0.1, 0.15) is 17.0 Å². The molecule has 120 valence electrons. The summed E-state index contributed by atoms with van der Waals surface area (Å²) in [6.07, 6.45) is 3.92. The summed E-state index contributed by atoms with van der Waals surface area (Å²) in [5.41, 5.74) is 4.55. The molecule has 5 nitrogen and oxygen atoms in total. The molecule has 0 aliphatic heterocycles. The maximum atomic E-state index is 5.26. The molecule has 0 radical (unpaired) electrons. The molecule has 0 amide bonds. The first-order valence-electron chi connectivity index (χ1n) is 7.70. The molecule has 0 atom stereocenters. The topological polar surface area (TPSA) is 54.9 Å². The summed E-state index contributed by atoms with van der Waals surface area (Å²) in [7, 11) is 1.69. The molecule has 0 fully saturated rings. The van der Waals surface area contributed by atoms with Crippen molar-refractivity contribution in [2.75, 3.05) is 7.11 Å². The van der Waals surface area contributed by atoms with E-state index in [2.05, 4.69) is 34.2 Å². The summed E-state index contributed by atoms with van der Waals surface area (Å²) in [5.74, 6) is 0.876. The number of aromatic amines is 1. The Balaban J connectivity index is 1.63. The Labute approximate surface area is 136 Å². The van der Waals surface area contributed by atoms with Crippen LogP contribution in [0.25, 0.3) is 10.9 Å². The molecule has 2 aromatic heterocycles. The standard InChI is InChI=1S/C18H22N4O/c1-4-7-22-12-15(13(2)21-22)10-19-11-16-8-14-9-17(23-3)5-6-18(14)20-16/h4-6,8-9,12,19-20H,1,7,10-11H2,2-3H3. The lowest BCUT2D eigenvalue weighted by Gasteiger charge is -2.01. The molecule has 3 aromatic rings. The first kappa shape index (κ1) is 15.4. The van der Waals surface area contributed by atoms with E-state index in [1.165, 1.54) is 5.56 Å². The van der Waals surface area contributed by atoms with Crippen molar-refractivity contribution in [2.24, 2.45) is 0 Å². The molecule has 2 heterocycles. The second kappa shape index (κ2) is 6.71. The number of aryl methyl sites for hydroxylation is 1. The van der Waals surface area contributed by atoms with Crippen LogP contribution in [0.4, 0.5) is 0 Å². The minimum atomic E-state index is 0.741. The van der Waals surface area contributed by atoms with Gasteiger partial charge >= 0.3 is 0 Å². The van der Waals surface area contributed by atoms with Crippen molar-refractivity contribution in [3.63, 3.8) is 0 Å². The van der Waals surface area contributed by atoms with Crippen LogP contribution in [0.5, 0.6) is 5.75 Å². The minimum absolute atomic E-state index is 0.741. The van der Waals surface area contributed by atoms with Gasteiger partial charge < -0.3 is 15.0 Å². The van der Waals surface area contributed by atoms with Crippen LogP contribution >= 0.6 is 0 Å². The van der Waals surface area contributed by atoms with Crippen molar-refractivity contribution in [3.8, 4) is 5.75 Å². The number of aromatic nitrogens is 3. The number of methoxy groups -OCH3 is 1. The van der Waals surface area contributed by atoms with Gasteiger partial charge in [0, 0.05) is 41.4 Å². The zero-order chi connectivity index (χ0) is 16.2. The van der Waals surface area contributed by atoms with E-state index in [4.69, 9.17) is 4.74 Å². The van der Waals surface area contributed by atoms with Gasteiger partial charge in [-0.05, 0) is 31.2 Å². The third-order valence-electron chi connectivity index (χ3n) is 3.88. The molecule has 0 unspecified atom stereocenters. The molecule has 1 aromatic carbocycles. The molecule has 5 heteroatoms. The van der Waals surface area contributed by atoms with Crippen LogP contribution in [-0.2, 0) is 19.6 Å². The van der Waals surface area contributed by atoms with Crippen LogP contribution < -0.4 is 10.1 Å². The monoisotopic (exact) mass is 310 g/mol. The third-order valence-corrected chi connectivity index (χ3v) is 3.88. The first-order chi connectivity index (χ1) is 11.2. The summed E-state index contributed by atoms with van der Waals surface area (Å²) in [4.78, 5) is 3.42. The minimum Gasteiger partial charge on any atom is -0.497 e. The van der Waals surface area contributed by atoms with Gasteiger partial charge in [-0.25, -0.2) is 0 Å². The number of benzene rings is 1. The van der Waals surface area contributed by atoms with Crippen LogP contribution in [0, 0.1) is 6.92 Å². The highest BCUT2D eigenvalue weighted by Crippen LogP contribution is 2.21. The highest BCUT2D eigenvalue weighted by Gasteiger charge is 2.05. The zero-order valence-electron chi connectivity index (χ0n) is 13.6. The van der Waals surface area contributed by atoms with Crippen LogP contribution in [0.15, 0.2) is 43.1 Å². The van der Waals surface area contributed by atoms with Gasteiger partial charge in [0.15, 0.2) is 0 Å². The average Bonchev–Trinajstić information content (AvgIpc) is 3.10. The van der Waals surface area contributed by atoms with Crippen LogP contribution in [0.3, 0.4) is 0 Å². The van der Waals surface area contributed by atoms with E-state index in [1.54, 1.807) is 7.11 Å². The number of nitrogens with one attached hydrogen (secondary N) is 2. The Bertz CT molecular complexity index is 816. The molecule has 0 saturated carbocycles. The molecule has 0 aliphatic carbocycles. The Kier molecular flexibility index (Phi) is 4.48. The summed E-state index contributed by atoms with van der Waals surface area (Å²) in [6.45, 7) is 8.09. The largest absolute Gasteiger partial charge is 0.497 e. The molecule has 3 rings (SSSR count). The van der Waals surface area contributed by atoms with Crippen molar-refractivity contribution in [2.45, 2.75) is 26.6 Å². The molecule has 0 aliphatic rings. The number of hydrogen-bond donors (Lipinski definition) is 2. The summed E-state index contributed by atoms with van der Waals surface area (Å²) in [6, 6.07) is 8.20. The van der Waals surface area contributed by atoms with Crippen molar-refractivity contribution in [1.82, 2.24) is 20.1 Å². The highest BCUT2D eigenvalue weighted by atomic mass is 16.5. The maximum Gasteiger partial charge on any atom is 0.119 e. The SMILES string of the molecule is C=CCn1cc(CNCc2cc3cc(OC)ccc3[nH]2)c(C)n1. The second-order valence-corrected chi connectivity index (χ2v) is 5.60. The number of hydrogen-bond acceptors (Lipinski definition) is 3. The van der Waals surface area contributed by atoms with Gasteiger partial charge in [-0.3, -0.25) is 4.68 Å². The number of H-pyrrole nitrogens is 1. The van der Waals surface area contributed by atoms with E-state index in [9.17, 15) is 0 Å². The zero-order valence-corrected chi connectivity index (χ0v) is 13.6. The molecule has 23 heavy (non-hydrogen) atoms. The second-order valence-electron chi connectivity index (χ2n) is 5.60. The van der Waals surface area contributed by atoms with Gasteiger partial charge in [0.1, 0.15) is 5.75 Å². The summed E-state index contributed by atoms with van der Waals surface area (Å²) in [5, 5.41) is 9.09. The van der Waals surface area contributed by atoms with E-state index in [0.717, 1.165) is 47.7 Å². The van der Waals surface area contributed by atoms with Crippen molar-refractivity contribution in [1.29, 1.82) is 0 Å². The lowest BCUT2D eigenvalue weighted by atomic mass is 10.2. The number of ether oxygens (including phenoxy) is 1. The van der Waals surface area contributed by atoms with Crippen molar-refractivity contribution in [3.05, 3.63) is 60.1 Å². The lowest BCUT2D eigenvalue weighted by molar-refractivity contribution is 0.415. The fourth-order valence-corrected chi connectivity index (χ4v) is 2.68. The van der Waals surface area contributed by atoms with Gasteiger partial charge in [-0.2, -0.15) is 5.10 Å². The Morgan fingerprint density at radius 2 is 2.22 bits per heavy atom. The number of rotatable bonds is 7. The smallest absolute Gasteiger partial charge is 0.119 e. The molecule has 0 bridgehead atoms. The first-order valence-corrected chi connectivity index (χ1v) is 7.70. The van der Waals surface area contributed by atoms with Gasteiger partial charge in [-0.15, -0.1) is 6.58 Å². The van der Waals surface area contributed by atoms with Gasteiger partial charge in [0.05, 0.1) is 19.3 Å². The van der Waals surface area contributed by atoms with Gasteiger partial charge in [-0.1, -0.05) is 6.08 Å². The van der Waals surface area contributed by atoms with Crippen molar-refractivity contribution >= 4 is 10.9 Å². The quantitative estimate of drug-likeness (QED) is 0.659. The average molecular weight is 310 g/mol. The maximum absolute atomic E-state index is 5.26. The van der Waals surface area contributed by atoms with E-state index in [0.29, 0.717) is 0 Å². The van der Waals surface area contributed by atoms with E-state index >= 15 is 0 Å². The molecule has 0 spiro atoms. The van der Waals surface area contributed by atoms with Gasteiger partial charge in [0.25, 0.3) is 0 Å². The van der Waals surface area contributed by atoms with E-state index in [-0.39, 0.29) is 0 Å². The van der Waals surface area contributed by atoms with Gasteiger partial charge in [0.2, 0.25) is 0 Å². The van der Waals surface area contributed by atoms with Crippen LogP contribution in [-0.4, -0.2) is 21.9 Å². The Morgan fingerprint density at radius 3 is 3.00 bits per heavy atom. The molecule has 0 saturated heterocycles. The molecule has 2 N–H and O–H groups in total. The fraction of sp³-hybridized carbons (Fsp3) is 0.278. The Morgan fingerprint density at radius 1 is 1.35 bits per heavy atom. The molecular formula is C18H22N4O. The van der Waals surface area contributed by atoms with Crippen molar-refractivity contribution < 1.29 is 4.74 Å². The Hall–Kier alpha value is -2.53. The molecular weight excluding hydrogens is 288 g/mol. The fourth-order valence-electron chi connectivity index (χ4n) is 2.68. The summed E-state index contributed by atoms with van der Waals surface area (Å²) < 4.78 is 7.17. The predicted molar refractivity (Wildman–Crippen MR) is 92.6 cm³/mol. The third kappa shape index (κ3) is 3.46. The summed E-state index contributed by atoms with van der Waals surface area (Å²) >= 11 is 0. The van der Waals surface area contributed by atoms with E-state index < -0.39 is 0 Å². The highest BCUT2D eigenvalue weighted by molar-refractivity contribution is 5.81. The van der Waals surface area contributed by atoms with Crippen LogP contribution in [0.2, 0.25) is 0 Å².